The number of carbonyl (C=O) groups excluding carboxylic acids is 1. The summed E-state index contributed by atoms with van der Waals surface area (Å²) in [6.07, 6.45) is 0.861. The van der Waals surface area contributed by atoms with Crippen LogP contribution in [0.3, 0.4) is 0 Å². The van der Waals surface area contributed by atoms with Gasteiger partial charge in [0.2, 0.25) is 5.91 Å². The molecule has 0 unspecified atom stereocenters. The van der Waals surface area contributed by atoms with Crippen molar-refractivity contribution in [1.29, 1.82) is 0 Å². The van der Waals surface area contributed by atoms with Crippen LogP contribution in [0.15, 0.2) is 18.2 Å². The molecule has 5 heteroatoms. The number of rotatable bonds is 3. The van der Waals surface area contributed by atoms with E-state index < -0.39 is 0 Å². The fraction of sp³-hybridized carbons (Fsp3) is 0.500. The number of amides is 1. The van der Waals surface area contributed by atoms with Gasteiger partial charge < -0.3 is 15.1 Å². The van der Waals surface area contributed by atoms with E-state index in [2.05, 4.69) is 5.32 Å². The maximum atomic E-state index is 14.1. The lowest BCUT2D eigenvalue weighted by Crippen LogP contribution is -2.34. The predicted octanol–water partition coefficient (Wildman–Crippen LogP) is 1.21. The highest BCUT2D eigenvalue weighted by Crippen LogP contribution is 2.22. The van der Waals surface area contributed by atoms with E-state index in [-0.39, 0.29) is 18.3 Å². The third kappa shape index (κ3) is 3.23. The molecule has 1 fully saturated rings. The van der Waals surface area contributed by atoms with Crippen LogP contribution in [0.1, 0.15) is 12.0 Å². The molecule has 0 bridgehead atoms. The Balaban J connectivity index is 2.19. The molecule has 1 aliphatic rings. The van der Waals surface area contributed by atoms with Crippen molar-refractivity contribution in [2.75, 3.05) is 38.6 Å². The first-order valence-corrected chi connectivity index (χ1v) is 6.53. The smallest absolute Gasteiger partial charge is 0.241 e. The van der Waals surface area contributed by atoms with Crippen LogP contribution >= 0.6 is 0 Å². The summed E-state index contributed by atoms with van der Waals surface area (Å²) in [5, 5.41) is 2.99. The number of halogens is 1. The number of carbonyl (C=O) groups is 1. The number of benzene rings is 1. The van der Waals surface area contributed by atoms with Gasteiger partial charge in [-0.15, -0.1) is 0 Å². The van der Waals surface area contributed by atoms with E-state index in [4.69, 9.17) is 0 Å². The van der Waals surface area contributed by atoms with Gasteiger partial charge in [0, 0.05) is 26.7 Å². The van der Waals surface area contributed by atoms with Crippen molar-refractivity contribution in [3.8, 4) is 0 Å². The fourth-order valence-electron chi connectivity index (χ4n) is 2.31. The van der Waals surface area contributed by atoms with Crippen molar-refractivity contribution in [3.05, 3.63) is 29.6 Å². The molecule has 4 nitrogen and oxygen atoms in total. The molecule has 19 heavy (non-hydrogen) atoms. The first kappa shape index (κ1) is 13.8. The number of nitrogens with one attached hydrogen (secondary N) is 1. The predicted molar refractivity (Wildman–Crippen MR) is 73.6 cm³/mol. The van der Waals surface area contributed by atoms with Gasteiger partial charge in [-0.3, -0.25) is 4.79 Å². The minimum Gasteiger partial charge on any atom is -0.360 e. The zero-order valence-electron chi connectivity index (χ0n) is 11.4. The molecule has 1 aliphatic heterocycles. The minimum atomic E-state index is -0.259. The van der Waals surface area contributed by atoms with Crippen LogP contribution in [-0.2, 0) is 11.3 Å². The monoisotopic (exact) mass is 265 g/mol. The highest BCUT2D eigenvalue weighted by Gasteiger charge is 2.21. The van der Waals surface area contributed by atoms with Crippen molar-refractivity contribution in [3.63, 3.8) is 0 Å². The van der Waals surface area contributed by atoms with E-state index in [0.717, 1.165) is 18.5 Å². The van der Waals surface area contributed by atoms with E-state index in [1.165, 1.54) is 6.07 Å². The molecule has 2 rings (SSSR count). The average molecular weight is 265 g/mol. The van der Waals surface area contributed by atoms with Crippen LogP contribution in [0.2, 0.25) is 0 Å². The number of hydrogen-bond acceptors (Lipinski definition) is 3. The van der Waals surface area contributed by atoms with Crippen LogP contribution < -0.4 is 10.2 Å². The topological polar surface area (TPSA) is 35.6 Å². The van der Waals surface area contributed by atoms with E-state index >= 15 is 0 Å². The molecule has 0 aliphatic carbocycles. The molecular formula is C14H20FN3O. The van der Waals surface area contributed by atoms with E-state index in [0.29, 0.717) is 18.8 Å². The fourth-order valence-corrected chi connectivity index (χ4v) is 2.31. The Bertz CT molecular complexity index is 464. The van der Waals surface area contributed by atoms with E-state index in [1.807, 2.05) is 18.0 Å². The lowest BCUT2D eigenvalue weighted by Gasteiger charge is -2.22. The first-order chi connectivity index (χ1) is 9.11. The third-order valence-corrected chi connectivity index (χ3v) is 3.41. The molecule has 0 spiro atoms. The summed E-state index contributed by atoms with van der Waals surface area (Å²) < 4.78 is 14.1. The molecule has 104 valence electrons. The second-order valence-corrected chi connectivity index (χ2v) is 4.91. The second-order valence-electron chi connectivity index (χ2n) is 4.91. The van der Waals surface area contributed by atoms with Gasteiger partial charge in [-0.05, 0) is 31.2 Å². The Morgan fingerprint density at radius 2 is 2.16 bits per heavy atom. The largest absolute Gasteiger partial charge is 0.360 e. The third-order valence-electron chi connectivity index (χ3n) is 3.41. The molecule has 1 heterocycles. The summed E-state index contributed by atoms with van der Waals surface area (Å²) in [6.45, 7) is 2.32. The molecule has 0 aromatic heterocycles. The normalized spacial score (nSPS) is 16.7. The van der Waals surface area contributed by atoms with Gasteiger partial charge in [-0.1, -0.05) is 6.07 Å². The van der Waals surface area contributed by atoms with Gasteiger partial charge in [-0.2, -0.15) is 0 Å². The van der Waals surface area contributed by atoms with Crippen molar-refractivity contribution in [1.82, 2.24) is 10.2 Å². The quantitative estimate of drug-likeness (QED) is 0.892. The van der Waals surface area contributed by atoms with E-state index in [9.17, 15) is 9.18 Å². The molecule has 0 saturated carbocycles. The van der Waals surface area contributed by atoms with Gasteiger partial charge >= 0.3 is 0 Å². The van der Waals surface area contributed by atoms with Crippen LogP contribution in [0, 0.1) is 5.82 Å². The highest BCUT2D eigenvalue weighted by atomic mass is 19.1. The summed E-state index contributed by atoms with van der Waals surface area (Å²) in [5.41, 5.74) is 1.42. The summed E-state index contributed by atoms with van der Waals surface area (Å²) in [7, 11) is 3.62. The van der Waals surface area contributed by atoms with Crippen molar-refractivity contribution < 1.29 is 9.18 Å². The summed E-state index contributed by atoms with van der Waals surface area (Å²) in [4.78, 5) is 15.4. The molecule has 1 N–H and O–H groups in total. The lowest BCUT2D eigenvalue weighted by molar-refractivity contribution is -0.127. The van der Waals surface area contributed by atoms with Crippen LogP contribution in [0.4, 0.5) is 10.1 Å². The van der Waals surface area contributed by atoms with Crippen LogP contribution in [0.25, 0.3) is 0 Å². The first-order valence-electron chi connectivity index (χ1n) is 6.53. The maximum absolute atomic E-state index is 14.1. The average Bonchev–Trinajstić information content (AvgIpc) is 2.53. The molecule has 1 amide bonds. The van der Waals surface area contributed by atoms with Crippen LogP contribution in [0.5, 0.6) is 0 Å². The highest BCUT2D eigenvalue weighted by molar-refractivity contribution is 5.81. The number of anilines is 1. The Kier molecular flexibility index (Phi) is 4.37. The minimum absolute atomic E-state index is 0.0381. The van der Waals surface area contributed by atoms with E-state index in [1.54, 1.807) is 18.0 Å². The molecule has 1 aromatic rings. The van der Waals surface area contributed by atoms with Gasteiger partial charge in [0.25, 0.3) is 0 Å². The van der Waals surface area contributed by atoms with Gasteiger partial charge in [0.15, 0.2) is 0 Å². The number of nitrogens with zero attached hydrogens (tertiary/aromatic N) is 2. The number of hydrogen-bond donors (Lipinski definition) is 1. The summed E-state index contributed by atoms with van der Waals surface area (Å²) in [5.74, 6) is -0.221. The van der Waals surface area contributed by atoms with Crippen molar-refractivity contribution in [2.24, 2.45) is 0 Å². The molecular weight excluding hydrogens is 245 g/mol. The molecule has 0 radical (unpaired) electrons. The van der Waals surface area contributed by atoms with Crippen LogP contribution in [-0.4, -0.2) is 44.5 Å². The zero-order chi connectivity index (χ0) is 13.8. The second kappa shape index (κ2) is 6.02. The van der Waals surface area contributed by atoms with Crippen molar-refractivity contribution >= 4 is 11.6 Å². The maximum Gasteiger partial charge on any atom is 0.241 e. The van der Waals surface area contributed by atoms with Crippen molar-refractivity contribution in [2.45, 2.75) is 13.0 Å². The molecule has 1 aromatic carbocycles. The SMILES string of the molecule is CNCc1ccc(N2CCCN(C)C(=O)C2)c(F)c1. The standard InChI is InChI=1S/C14H20FN3O/c1-16-9-11-4-5-13(12(15)8-11)18-7-3-6-17(2)14(19)10-18/h4-5,8,16H,3,6-7,9-10H2,1-2H3. The lowest BCUT2D eigenvalue weighted by atomic mass is 10.1. The Labute approximate surface area is 113 Å². The van der Waals surface area contributed by atoms with Gasteiger partial charge in [-0.25, -0.2) is 4.39 Å². The zero-order valence-corrected chi connectivity index (χ0v) is 11.4. The molecule has 0 atom stereocenters. The van der Waals surface area contributed by atoms with Gasteiger partial charge in [0.05, 0.1) is 12.2 Å². The summed E-state index contributed by atoms with van der Waals surface area (Å²) in [6, 6.07) is 5.19. The van der Waals surface area contributed by atoms with Gasteiger partial charge in [0.1, 0.15) is 5.82 Å². The summed E-state index contributed by atoms with van der Waals surface area (Å²) >= 11 is 0. The Morgan fingerprint density at radius 3 is 2.84 bits per heavy atom. The Hall–Kier alpha value is -1.62. The number of likely N-dealkylation sites (N-methyl/N-ethyl adjacent to an activating group) is 1. The Morgan fingerprint density at radius 1 is 1.37 bits per heavy atom. The molecule has 1 saturated heterocycles.